The lowest BCUT2D eigenvalue weighted by Gasteiger charge is -2.21. The number of hydrogen-bond donors (Lipinski definition) is 1. The zero-order valence-corrected chi connectivity index (χ0v) is 13.5. The van der Waals surface area contributed by atoms with Gasteiger partial charge in [0.15, 0.2) is 5.17 Å². The van der Waals surface area contributed by atoms with E-state index < -0.39 is 0 Å². The molecule has 3 rings (SSSR count). The number of aliphatic imine (C=N–C) groups is 1. The van der Waals surface area contributed by atoms with Crippen molar-refractivity contribution in [3.05, 3.63) is 20.8 Å². The number of rotatable bonds is 3. The highest BCUT2D eigenvalue weighted by atomic mass is 79.9. The normalized spacial score (nSPS) is 23.9. The van der Waals surface area contributed by atoms with Gasteiger partial charge in [0.2, 0.25) is 0 Å². The maximum absolute atomic E-state index is 4.71. The van der Waals surface area contributed by atoms with E-state index in [0.29, 0.717) is 5.54 Å². The third kappa shape index (κ3) is 2.94. The van der Waals surface area contributed by atoms with E-state index in [1.807, 2.05) is 23.1 Å². The molecule has 1 spiro atoms. The Balaban J connectivity index is 1.52. The number of thiophene rings is 1. The van der Waals surface area contributed by atoms with Crippen molar-refractivity contribution in [1.82, 2.24) is 5.32 Å². The maximum atomic E-state index is 4.71. The minimum absolute atomic E-state index is 0.398. The van der Waals surface area contributed by atoms with Crippen molar-refractivity contribution in [2.24, 2.45) is 4.99 Å². The lowest BCUT2D eigenvalue weighted by atomic mass is 10.0. The summed E-state index contributed by atoms with van der Waals surface area (Å²) in [5.41, 5.74) is 0.398. The maximum Gasteiger partial charge on any atom is 0.157 e. The SMILES string of the molecule is Brc1ccc(CCN=C2NC3(CCCC3)CS2)s1. The molecular weight excluding hydrogens is 328 g/mol. The Morgan fingerprint density at radius 2 is 2.17 bits per heavy atom. The number of amidine groups is 1. The summed E-state index contributed by atoms with van der Waals surface area (Å²) in [5, 5.41) is 4.84. The van der Waals surface area contributed by atoms with Crippen molar-refractivity contribution in [2.45, 2.75) is 37.6 Å². The van der Waals surface area contributed by atoms with E-state index in [0.717, 1.165) is 13.0 Å². The minimum atomic E-state index is 0.398. The van der Waals surface area contributed by atoms with Gasteiger partial charge in [0.05, 0.1) is 3.79 Å². The molecule has 5 heteroatoms. The summed E-state index contributed by atoms with van der Waals surface area (Å²) in [4.78, 5) is 6.11. The first-order valence-electron chi connectivity index (χ1n) is 6.45. The summed E-state index contributed by atoms with van der Waals surface area (Å²) < 4.78 is 1.21. The van der Waals surface area contributed by atoms with Crippen LogP contribution in [0.4, 0.5) is 0 Å². The summed E-state index contributed by atoms with van der Waals surface area (Å²) in [6.07, 6.45) is 6.47. The van der Waals surface area contributed by atoms with Gasteiger partial charge in [-0.05, 0) is 40.9 Å². The summed E-state index contributed by atoms with van der Waals surface area (Å²) in [6.45, 7) is 0.901. The van der Waals surface area contributed by atoms with Crippen LogP contribution in [0.25, 0.3) is 0 Å². The molecule has 2 nitrogen and oxygen atoms in total. The van der Waals surface area contributed by atoms with Crippen LogP contribution in [0, 0.1) is 0 Å². The molecule has 0 unspecified atom stereocenters. The molecule has 0 bridgehead atoms. The van der Waals surface area contributed by atoms with E-state index >= 15 is 0 Å². The fraction of sp³-hybridized carbons (Fsp3) is 0.615. The van der Waals surface area contributed by atoms with E-state index in [2.05, 4.69) is 33.4 Å². The standard InChI is InChI=1S/C13H17BrN2S2/c14-11-4-3-10(18-11)5-8-15-12-16-13(9-17-12)6-1-2-7-13/h3-4H,1-2,5-9H2,(H,15,16). The molecule has 0 radical (unpaired) electrons. The van der Waals surface area contributed by atoms with Gasteiger partial charge in [0, 0.05) is 29.1 Å². The van der Waals surface area contributed by atoms with Gasteiger partial charge in [0.1, 0.15) is 0 Å². The van der Waals surface area contributed by atoms with Crippen molar-refractivity contribution < 1.29 is 0 Å². The molecule has 2 heterocycles. The summed E-state index contributed by atoms with van der Waals surface area (Å²) >= 11 is 7.22. The summed E-state index contributed by atoms with van der Waals surface area (Å²) in [5.74, 6) is 1.22. The van der Waals surface area contributed by atoms with Gasteiger partial charge < -0.3 is 5.32 Å². The highest BCUT2D eigenvalue weighted by Crippen LogP contribution is 2.37. The Morgan fingerprint density at radius 3 is 2.89 bits per heavy atom. The van der Waals surface area contributed by atoms with Crippen LogP contribution in [0.3, 0.4) is 0 Å². The van der Waals surface area contributed by atoms with E-state index in [-0.39, 0.29) is 0 Å². The van der Waals surface area contributed by atoms with Crippen LogP contribution in [-0.4, -0.2) is 23.0 Å². The van der Waals surface area contributed by atoms with Gasteiger partial charge in [0.25, 0.3) is 0 Å². The van der Waals surface area contributed by atoms with E-state index in [9.17, 15) is 0 Å². The number of thioether (sulfide) groups is 1. The van der Waals surface area contributed by atoms with Crippen molar-refractivity contribution >= 4 is 44.2 Å². The molecule has 1 N–H and O–H groups in total. The molecule has 1 aromatic rings. The topological polar surface area (TPSA) is 24.4 Å². The van der Waals surface area contributed by atoms with Crippen LogP contribution in [-0.2, 0) is 6.42 Å². The Labute approximate surface area is 125 Å². The Bertz CT molecular complexity index is 450. The fourth-order valence-electron chi connectivity index (χ4n) is 2.67. The molecule has 1 aromatic heterocycles. The van der Waals surface area contributed by atoms with Crippen molar-refractivity contribution in [3.8, 4) is 0 Å². The van der Waals surface area contributed by atoms with Gasteiger partial charge in [-0.1, -0.05) is 24.6 Å². The van der Waals surface area contributed by atoms with Gasteiger partial charge in [-0.15, -0.1) is 11.3 Å². The quantitative estimate of drug-likeness (QED) is 0.893. The van der Waals surface area contributed by atoms with Crippen LogP contribution >= 0.6 is 39.0 Å². The second-order valence-electron chi connectivity index (χ2n) is 5.04. The third-order valence-electron chi connectivity index (χ3n) is 3.66. The first-order valence-corrected chi connectivity index (χ1v) is 9.05. The van der Waals surface area contributed by atoms with Crippen LogP contribution < -0.4 is 5.32 Å². The highest BCUT2D eigenvalue weighted by Gasteiger charge is 2.39. The molecule has 18 heavy (non-hydrogen) atoms. The van der Waals surface area contributed by atoms with Crippen LogP contribution in [0.15, 0.2) is 20.9 Å². The van der Waals surface area contributed by atoms with Crippen LogP contribution in [0.1, 0.15) is 30.6 Å². The first kappa shape index (κ1) is 13.0. The minimum Gasteiger partial charge on any atom is -0.359 e. The highest BCUT2D eigenvalue weighted by molar-refractivity contribution is 9.11. The lowest BCUT2D eigenvalue weighted by molar-refractivity contribution is 0.452. The fourth-order valence-corrected chi connectivity index (χ4v) is 5.38. The number of hydrogen-bond acceptors (Lipinski definition) is 3. The van der Waals surface area contributed by atoms with E-state index in [1.165, 1.54) is 45.3 Å². The largest absolute Gasteiger partial charge is 0.359 e. The summed E-state index contributed by atoms with van der Waals surface area (Å²) in [7, 11) is 0. The molecule has 2 fully saturated rings. The average molecular weight is 345 g/mol. The first-order chi connectivity index (χ1) is 8.76. The molecule has 98 valence electrons. The molecule has 1 aliphatic carbocycles. The predicted octanol–water partition coefficient (Wildman–Crippen LogP) is 4.06. The zero-order chi connectivity index (χ0) is 12.4. The average Bonchev–Trinajstić information content (AvgIpc) is 3.05. The smallest absolute Gasteiger partial charge is 0.157 e. The monoisotopic (exact) mass is 344 g/mol. The van der Waals surface area contributed by atoms with Gasteiger partial charge >= 0.3 is 0 Å². The van der Waals surface area contributed by atoms with Crippen LogP contribution in [0.5, 0.6) is 0 Å². The Kier molecular flexibility index (Phi) is 4.01. The molecule has 2 aliphatic rings. The van der Waals surface area contributed by atoms with Gasteiger partial charge in [-0.25, -0.2) is 0 Å². The molecule has 0 atom stereocenters. The lowest BCUT2D eigenvalue weighted by Crippen LogP contribution is -2.40. The molecular formula is C13H17BrN2S2. The third-order valence-corrected chi connectivity index (χ3v) is 6.55. The molecule has 1 aliphatic heterocycles. The number of nitrogens with one attached hydrogen (secondary N) is 1. The van der Waals surface area contributed by atoms with Crippen molar-refractivity contribution in [3.63, 3.8) is 0 Å². The Morgan fingerprint density at radius 1 is 1.33 bits per heavy atom. The van der Waals surface area contributed by atoms with Crippen molar-refractivity contribution in [1.29, 1.82) is 0 Å². The number of nitrogens with zero attached hydrogens (tertiary/aromatic N) is 1. The van der Waals surface area contributed by atoms with E-state index in [4.69, 9.17) is 4.99 Å². The van der Waals surface area contributed by atoms with Gasteiger partial charge in [-0.2, -0.15) is 0 Å². The molecule has 0 aromatic carbocycles. The zero-order valence-electron chi connectivity index (χ0n) is 10.2. The van der Waals surface area contributed by atoms with Gasteiger partial charge in [-0.3, -0.25) is 4.99 Å². The second kappa shape index (κ2) is 5.55. The predicted molar refractivity (Wildman–Crippen MR) is 84.8 cm³/mol. The molecule has 1 saturated heterocycles. The van der Waals surface area contributed by atoms with Crippen LogP contribution in [0.2, 0.25) is 0 Å². The molecule has 0 amide bonds. The number of halogens is 1. The molecule has 1 saturated carbocycles. The van der Waals surface area contributed by atoms with Crippen molar-refractivity contribution in [2.75, 3.05) is 12.3 Å². The Hall–Kier alpha value is -0.0000000000000000833. The second-order valence-corrected chi connectivity index (χ2v) is 8.56. The van der Waals surface area contributed by atoms with E-state index in [1.54, 1.807) is 0 Å². The summed E-state index contributed by atoms with van der Waals surface area (Å²) in [6, 6.07) is 4.30.